The van der Waals surface area contributed by atoms with Gasteiger partial charge < -0.3 is 0 Å². The molecule has 1 aromatic rings. The molecule has 0 saturated carbocycles. The summed E-state index contributed by atoms with van der Waals surface area (Å²) >= 11 is 5.41. The van der Waals surface area contributed by atoms with Crippen LogP contribution in [0.25, 0.3) is 0 Å². The van der Waals surface area contributed by atoms with Crippen molar-refractivity contribution < 1.29 is 0 Å². The molecule has 0 N–H and O–H groups in total. The van der Waals surface area contributed by atoms with Crippen molar-refractivity contribution >= 4 is 27.7 Å². The molecule has 0 nitrogen and oxygen atoms in total. The maximum atomic E-state index is 3.43. The Morgan fingerprint density at radius 1 is 1.15 bits per heavy atom. The predicted molar refractivity (Wildman–Crippen MR) is 65.9 cm³/mol. The standard InChI is InChI=1S/C11H15BrS/c1-9-5-10(2)7-11(6-9)8-13-4-3-12/h5-7H,3-4,8H2,1-2H3. The fourth-order valence-electron chi connectivity index (χ4n) is 1.40. The van der Waals surface area contributed by atoms with Gasteiger partial charge in [0, 0.05) is 16.8 Å². The smallest absolute Gasteiger partial charge is 0.0185 e. The molecular formula is C11H15BrS. The number of hydrogen-bond donors (Lipinski definition) is 0. The lowest BCUT2D eigenvalue weighted by Gasteiger charge is -2.03. The van der Waals surface area contributed by atoms with Crippen LogP contribution in [0, 0.1) is 13.8 Å². The second-order valence-corrected chi connectivity index (χ2v) is 5.14. The quantitative estimate of drug-likeness (QED) is 0.583. The Morgan fingerprint density at radius 3 is 2.31 bits per heavy atom. The van der Waals surface area contributed by atoms with Crippen molar-refractivity contribution in [2.24, 2.45) is 0 Å². The average molecular weight is 259 g/mol. The van der Waals surface area contributed by atoms with Gasteiger partial charge in [0.15, 0.2) is 0 Å². The maximum Gasteiger partial charge on any atom is 0.0185 e. The average Bonchev–Trinajstić information content (AvgIpc) is 2.03. The first-order valence-corrected chi connectivity index (χ1v) is 6.71. The molecule has 0 aliphatic heterocycles. The second-order valence-electron chi connectivity index (χ2n) is 3.24. The topological polar surface area (TPSA) is 0 Å². The van der Waals surface area contributed by atoms with Gasteiger partial charge in [0.2, 0.25) is 0 Å². The van der Waals surface area contributed by atoms with E-state index < -0.39 is 0 Å². The summed E-state index contributed by atoms with van der Waals surface area (Å²) in [5.41, 5.74) is 4.19. The predicted octanol–water partition coefficient (Wildman–Crippen LogP) is 3.93. The zero-order valence-corrected chi connectivity index (χ0v) is 10.5. The van der Waals surface area contributed by atoms with E-state index in [4.69, 9.17) is 0 Å². The molecule has 0 amide bonds. The summed E-state index contributed by atoms with van der Waals surface area (Å²) in [6, 6.07) is 6.76. The van der Waals surface area contributed by atoms with Gasteiger partial charge in [-0.3, -0.25) is 0 Å². The van der Waals surface area contributed by atoms with E-state index in [2.05, 4.69) is 48.0 Å². The van der Waals surface area contributed by atoms with Gasteiger partial charge in [-0.15, -0.1) is 0 Å². The molecule has 0 atom stereocenters. The number of alkyl halides is 1. The molecule has 0 aromatic heterocycles. The Kier molecular flexibility index (Phi) is 4.89. The Morgan fingerprint density at radius 2 is 1.77 bits per heavy atom. The molecule has 0 fully saturated rings. The normalized spacial score (nSPS) is 10.4. The lowest BCUT2D eigenvalue weighted by Crippen LogP contribution is -1.87. The molecule has 0 bridgehead atoms. The molecule has 72 valence electrons. The lowest BCUT2D eigenvalue weighted by molar-refractivity contribution is 1.30. The Balaban J connectivity index is 2.56. The molecule has 0 aliphatic rings. The van der Waals surface area contributed by atoms with Gasteiger partial charge in [0.05, 0.1) is 0 Å². The molecule has 13 heavy (non-hydrogen) atoms. The highest BCUT2D eigenvalue weighted by molar-refractivity contribution is 9.09. The van der Waals surface area contributed by atoms with Gasteiger partial charge in [0.25, 0.3) is 0 Å². The van der Waals surface area contributed by atoms with Crippen molar-refractivity contribution in [2.75, 3.05) is 11.1 Å². The summed E-state index contributed by atoms with van der Waals surface area (Å²) in [6.45, 7) is 4.32. The van der Waals surface area contributed by atoms with Crippen molar-refractivity contribution in [3.8, 4) is 0 Å². The molecule has 1 rings (SSSR count). The maximum absolute atomic E-state index is 3.43. The minimum atomic E-state index is 1.09. The van der Waals surface area contributed by atoms with Crippen LogP contribution in [0.2, 0.25) is 0 Å². The Hall–Kier alpha value is 0.0500. The number of hydrogen-bond acceptors (Lipinski definition) is 1. The van der Waals surface area contributed by atoms with Crippen LogP contribution in [0.4, 0.5) is 0 Å². The van der Waals surface area contributed by atoms with E-state index in [1.54, 1.807) is 0 Å². The van der Waals surface area contributed by atoms with Crippen molar-refractivity contribution in [2.45, 2.75) is 19.6 Å². The monoisotopic (exact) mass is 258 g/mol. The molecule has 0 radical (unpaired) electrons. The highest BCUT2D eigenvalue weighted by atomic mass is 79.9. The van der Waals surface area contributed by atoms with Crippen LogP contribution in [0.3, 0.4) is 0 Å². The second kappa shape index (κ2) is 5.71. The van der Waals surface area contributed by atoms with Crippen LogP contribution in [0.5, 0.6) is 0 Å². The van der Waals surface area contributed by atoms with Crippen molar-refractivity contribution in [3.63, 3.8) is 0 Å². The summed E-state index contributed by atoms with van der Waals surface area (Å²) in [6.07, 6.45) is 0. The molecule has 0 heterocycles. The number of aryl methyl sites for hydroxylation is 2. The van der Waals surface area contributed by atoms with Crippen LogP contribution < -0.4 is 0 Å². The molecule has 0 spiro atoms. The number of benzene rings is 1. The molecule has 0 saturated heterocycles. The number of rotatable bonds is 4. The van der Waals surface area contributed by atoms with Crippen LogP contribution in [0.15, 0.2) is 18.2 Å². The lowest BCUT2D eigenvalue weighted by atomic mass is 10.1. The molecular weight excluding hydrogens is 244 g/mol. The summed E-state index contributed by atoms with van der Waals surface area (Å²) in [5, 5.41) is 1.09. The summed E-state index contributed by atoms with van der Waals surface area (Å²) in [5.74, 6) is 2.32. The first-order valence-electron chi connectivity index (χ1n) is 4.43. The van der Waals surface area contributed by atoms with Gasteiger partial charge in [-0.2, -0.15) is 11.8 Å². The molecule has 1 aromatic carbocycles. The fourth-order valence-corrected chi connectivity index (χ4v) is 2.74. The van der Waals surface area contributed by atoms with Crippen molar-refractivity contribution in [1.29, 1.82) is 0 Å². The Labute approximate surface area is 93.2 Å². The van der Waals surface area contributed by atoms with Crippen LogP contribution in [-0.2, 0) is 5.75 Å². The Bertz CT molecular complexity index is 251. The summed E-state index contributed by atoms with van der Waals surface area (Å²) in [4.78, 5) is 0. The summed E-state index contributed by atoms with van der Waals surface area (Å²) < 4.78 is 0. The fraction of sp³-hybridized carbons (Fsp3) is 0.455. The van der Waals surface area contributed by atoms with Gasteiger partial charge in [0.1, 0.15) is 0 Å². The van der Waals surface area contributed by atoms with E-state index in [0.717, 1.165) is 11.1 Å². The molecule has 2 heteroatoms. The van der Waals surface area contributed by atoms with E-state index in [9.17, 15) is 0 Å². The highest BCUT2D eigenvalue weighted by Gasteiger charge is 1.95. The first-order chi connectivity index (χ1) is 6.22. The largest absolute Gasteiger partial charge is 0.156 e. The van der Waals surface area contributed by atoms with E-state index in [1.165, 1.54) is 22.4 Å². The highest BCUT2D eigenvalue weighted by Crippen LogP contribution is 2.15. The van der Waals surface area contributed by atoms with E-state index >= 15 is 0 Å². The zero-order valence-electron chi connectivity index (χ0n) is 8.14. The van der Waals surface area contributed by atoms with Gasteiger partial charge in [-0.05, 0) is 19.4 Å². The number of thioether (sulfide) groups is 1. The SMILES string of the molecule is Cc1cc(C)cc(CSCCBr)c1. The van der Waals surface area contributed by atoms with Crippen LogP contribution in [-0.4, -0.2) is 11.1 Å². The third kappa shape index (κ3) is 4.19. The van der Waals surface area contributed by atoms with E-state index in [-0.39, 0.29) is 0 Å². The molecule has 0 aliphatic carbocycles. The first kappa shape index (κ1) is 11.1. The van der Waals surface area contributed by atoms with E-state index in [1.807, 2.05) is 11.8 Å². The van der Waals surface area contributed by atoms with Gasteiger partial charge >= 0.3 is 0 Å². The molecule has 0 unspecified atom stereocenters. The minimum Gasteiger partial charge on any atom is -0.156 e. The van der Waals surface area contributed by atoms with Gasteiger partial charge in [-0.25, -0.2) is 0 Å². The van der Waals surface area contributed by atoms with Crippen molar-refractivity contribution in [3.05, 3.63) is 34.9 Å². The number of halogens is 1. The zero-order chi connectivity index (χ0) is 9.68. The van der Waals surface area contributed by atoms with Crippen LogP contribution >= 0.6 is 27.7 Å². The van der Waals surface area contributed by atoms with Crippen molar-refractivity contribution in [1.82, 2.24) is 0 Å². The summed E-state index contributed by atoms with van der Waals surface area (Å²) in [7, 11) is 0. The third-order valence-electron chi connectivity index (χ3n) is 1.77. The minimum absolute atomic E-state index is 1.09. The van der Waals surface area contributed by atoms with E-state index in [0.29, 0.717) is 0 Å². The van der Waals surface area contributed by atoms with Gasteiger partial charge in [-0.1, -0.05) is 45.3 Å². The third-order valence-corrected chi connectivity index (χ3v) is 3.72. The van der Waals surface area contributed by atoms with Crippen LogP contribution in [0.1, 0.15) is 16.7 Å².